The summed E-state index contributed by atoms with van der Waals surface area (Å²) in [7, 11) is -0.142. The van der Waals surface area contributed by atoms with E-state index < -0.39 is 57.9 Å². The topological polar surface area (TPSA) is 55.4 Å². The highest BCUT2D eigenvalue weighted by Gasteiger charge is 1.94. The lowest BCUT2D eigenvalue weighted by atomic mass is 15.7. The summed E-state index contributed by atoms with van der Waals surface area (Å²) in [6.45, 7) is 0. The first-order valence-corrected chi connectivity index (χ1v) is 16.3. The fourth-order valence-electron chi connectivity index (χ4n) is 0.572. The van der Waals surface area contributed by atoms with Crippen molar-refractivity contribution in [2.45, 2.75) is 0 Å². The molecule has 92 valence electrons. The van der Waals surface area contributed by atoms with E-state index in [1.165, 1.54) is 0 Å². The van der Waals surface area contributed by atoms with Crippen molar-refractivity contribution in [3.63, 3.8) is 0 Å². The number of rotatable bonds is 12. The van der Waals surface area contributed by atoms with Crippen molar-refractivity contribution < 1.29 is 24.7 Å². The van der Waals surface area contributed by atoms with E-state index in [0.717, 1.165) is 21.0 Å². The standard InChI is InChI=1S/H18O6SSi8/c8-1-10-3-12-5-14-7-15-6-13-4-11-2-9/h10-15H2,8-9H3. The summed E-state index contributed by atoms with van der Waals surface area (Å²) in [6.07, 6.45) is 0. The van der Waals surface area contributed by atoms with Crippen LogP contribution in [-0.4, -0.2) is 78.8 Å². The Hall–Kier alpha value is 1.85. The van der Waals surface area contributed by atoms with E-state index in [9.17, 15) is 0 Å². The molecule has 0 unspecified atom stereocenters. The van der Waals surface area contributed by atoms with Crippen LogP contribution in [0.4, 0.5) is 0 Å². The first-order chi connectivity index (χ1) is 7.41. The highest BCUT2D eigenvalue weighted by molar-refractivity contribution is 8.39. The van der Waals surface area contributed by atoms with Gasteiger partial charge in [0.2, 0.25) is 17.8 Å². The van der Waals surface area contributed by atoms with Gasteiger partial charge in [-0.2, -0.15) is 10.7 Å². The Labute approximate surface area is 114 Å². The molecule has 0 aromatic carbocycles. The predicted molar refractivity (Wildman–Crippen MR) is 85.2 cm³/mol. The van der Waals surface area contributed by atoms with Gasteiger partial charge in [-0.3, -0.25) is 0 Å². The molecule has 15 heteroatoms. The lowest BCUT2D eigenvalue weighted by Crippen LogP contribution is -2.14. The van der Waals surface area contributed by atoms with E-state index >= 15 is 0 Å². The zero-order valence-corrected chi connectivity index (χ0v) is 22.4. The van der Waals surface area contributed by atoms with Crippen LogP contribution in [0.5, 0.6) is 0 Å². The van der Waals surface area contributed by atoms with Crippen LogP contribution in [0.25, 0.3) is 0 Å². The van der Waals surface area contributed by atoms with E-state index in [2.05, 4.69) is 0 Å². The van der Waals surface area contributed by atoms with Crippen molar-refractivity contribution in [1.29, 1.82) is 0 Å². The highest BCUT2D eigenvalue weighted by Crippen LogP contribution is 1.93. The molecule has 0 atom stereocenters. The summed E-state index contributed by atoms with van der Waals surface area (Å²) in [5, 5.41) is 0. The molecule has 15 heavy (non-hydrogen) atoms. The van der Waals surface area contributed by atoms with Crippen molar-refractivity contribution in [3.05, 3.63) is 0 Å². The van der Waals surface area contributed by atoms with Gasteiger partial charge in [0.1, 0.15) is 21.0 Å². The van der Waals surface area contributed by atoms with Gasteiger partial charge in [-0.1, -0.05) is 0 Å². The average molecular weight is 371 g/mol. The quantitative estimate of drug-likeness (QED) is 0.250. The van der Waals surface area contributed by atoms with Crippen LogP contribution in [0.3, 0.4) is 0 Å². The van der Waals surface area contributed by atoms with E-state index in [-0.39, 0.29) is 0 Å². The molecule has 6 nitrogen and oxygen atoms in total. The van der Waals surface area contributed by atoms with E-state index in [4.69, 9.17) is 24.7 Å². The van der Waals surface area contributed by atoms with Gasteiger partial charge in [0, 0.05) is 0 Å². The highest BCUT2D eigenvalue weighted by atomic mass is 32.5. The summed E-state index contributed by atoms with van der Waals surface area (Å²) < 4.78 is 31.5. The van der Waals surface area contributed by atoms with Gasteiger partial charge in [-0.25, -0.2) is 0 Å². The average Bonchev–Trinajstić information content (AvgIpc) is 2.26. The van der Waals surface area contributed by atoms with Gasteiger partial charge < -0.3 is 24.7 Å². The van der Waals surface area contributed by atoms with Crippen molar-refractivity contribution in [1.82, 2.24) is 0 Å². The Morgan fingerprint density at radius 2 is 1.13 bits per heavy atom. The van der Waals surface area contributed by atoms with Crippen LogP contribution in [0, 0.1) is 0 Å². The van der Waals surface area contributed by atoms with Gasteiger partial charge in [0.15, 0.2) is 0 Å². The van der Waals surface area contributed by atoms with Gasteiger partial charge in [0.05, 0.1) is 0 Å². The van der Waals surface area contributed by atoms with Crippen molar-refractivity contribution in [2.24, 2.45) is 0 Å². The monoisotopic (exact) mass is 370 g/mol. The van der Waals surface area contributed by atoms with Crippen molar-refractivity contribution in [2.75, 3.05) is 0 Å². The summed E-state index contributed by atoms with van der Waals surface area (Å²) in [5.41, 5.74) is 0. The van der Waals surface area contributed by atoms with Gasteiger partial charge >= 0.3 is 0 Å². The van der Waals surface area contributed by atoms with Crippen LogP contribution < -0.4 is 0 Å². The molecule has 0 aliphatic rings. The fourth-order valence-corrected chi connectivity index (χ4v) is 20.6. The summed E-state index contributed by atoms with van der Waals surface area (Å²) in [5.74, 6) is 0. The normalized spacial score (nSPS) is 16.0. The molecule has 0 aromatic rings. The molecular formula is H18O6SSi8. The van der Waals surface area contributed by atoms with Crippen LogP contribution in [-0.2, 0) is 24.7 Å². The molecule has 0 N–H and O–H groups in total. The molecule has 0 aliphatic heterocycles. The van der Waals surface area contributed by atoms with Crippen LogP contribution >= 0.6 is 10.7 Å². The fraction of sp³-hybridized carbons (Fsp3) is 0. The smallest absolute Gasteiger partial charge is 0.285 e. The third-order valence-corrected chi connectivity index (χ3v) is 15.6. The summed E-state index contributed by atoms with van der Waals surface area (Å²) in [6, 6.07) is 0. The maximum atomic E-state index is 5.47. The molecule has 0 saturated heterocycles. The molecule has 0 aromatic heterocycles. The Kier molecular flexibility index (Phi) is 17.8. The molecule has 0 saturated carbocycles. The van der Waals surface area contributed by atoms with E-state index in [0.29, 0.717) is 0 Å². The van der Waals surface area contributed by atoms with E-state index in [1.54, 1.807) is 0 Å². The van der Waals surface area contributed by atoms with Crippen LogP contribution in [0.2, 0.25) is 0 Å². The Morgan fingerprint density at radius 1 is 0.667 bits per heavy atom. The second-order valence-corrected chi connectivity index (χ2v) is 21.6. The predicted octanol–water partition coefficient (Wildman–Crippen LogP) is -7.63. The molecule has 0 amide bonds. The minimum absolute atomic E-state index is 0.434. The summed E-state index contributed by atoms with van der Waals surface area (Å²) in [4.78, 5) is 0. The molecule has 0 rings (SSSR count). The molecule has 0 fully saturated rings. The van der Waals surface area contributed by atoms with Gasteiger partial charge in [-0.15, -0.1) is 0 Å². The van der Waals surface area contributed by atoms with Crippen molar-refractivity contribution >= 4 is 89.5 Å². The van der Waals surface area contributed by atoms with E-state index in [1.807, 2.05) is 10.7 Å². The Balaban J connectivity index is 2.81. The Morgan fingerprint density at radius 3 is 1.53 bits per heavy atom. The maximum Gasteiger partial charge on any atom is 0.285 e. The van der Waals surface area contributed by atoms with Crippen molar-refractivity contribution in [3.8, 4) is 0 Å². The Bertz CT molecular complexity index is 103. The van der Waals surface area contributed by atoms with Crippen LogP contribution in [0.15, 0.2) is 0 Å². The largest absolute Gasteiger partial charge is 0.449 e. The van der Waals surface area contributed by atoms with Gasteiger partial charge in [0.25, 0.3) is 40.0 Å². The number of hydrogen-bond acceptors (Lipinski definition) is 7. The maximum absolute atomic E-state index is 5.47. The third-order valence-electron chi connectivity index (χ3n) is 1.07. The lowest BCUT2D eigenvalue weighted by Gasteiger charge is -2.05. The third kappa shape index (κ3) is 15.8. The first kappa shape index (κ1) is 16.8. The lowest BCUT2D eigenvalue weighted by molar-refractivity contribution is 0.442. The first-order valence-electron chi connectivity index (χ1n) is 4.28. The molecular weight excluding hydrogens is 353 g/mol. The zero-order chi connectivity index (χ0) is 11.2. The minimum Gasteiger partial charge on any atom is -0.449 e. The molecule has 0 spiro atoms. The molecule has 0 bridgehead atoms. The molecule has 0 radical (unpaired) electrons. The number of hydrogen-bond donors (Lipinski definition) is 0. The second-order valence-electron chi connectivity index (χ2n) is 2.31. The summed E-state index contributed by atoms with van der Waals surface area (Å²) >= 11 is 0. The molecule has 0 heterocycles. The van der Waals surface area contributed by atoms with Crippen LogP contribution in [0.1, 0.15) is 0 Å². The SMILES string of the molecule is [SiH3]O[SiH2]O[SiH2]O[SiH2]S[SiH2]O[SiH2]O[SiH2]O[SiH3]. The second kappa shape index (κ2) is 15.8. The minimum atomic E-state index is -0.709. The van der Waals surface area contributed by atoms with Gasteiger partial charge in [-0.05, 0) is 0 Å². The molecule has 0 aliphatic carbocycles. The zero-order valence-electron chi connectivity index (χ0n) is 9.10.